The zero-order chi connectivity index (χ0) is 20.0. The number of alkyl halides is 3. The molecule has 1 amide bonds. The van der Waals surface area contributed by atoms with Gasteiger partial charge in [0.1, 0.15) is 5.82 Å². The molecule has 3 N–H and O–H groups in total. The van der Waals surface area contributed by atoms with Gasteiger partial charge >= 0.3 is 6.36 Å². The van der Waals surface area contributed by atoms with Gasteiger partial charge in [-0.1, -0.05) is 26.0 Å². The first-order valence-electron chi connectivity index (χ1n) is 8.20. The van der Waals surface area contributed by atoms with Gasteiger partial charge in [0.2, 0.25) is 5.91 Å². The fraction of sp³-hybridized carbons (Fsp3) is 0.316. The molecule has 0 saturated heterocycles. The van der Waals surface area contributed by atoms with Gasteiger partial charge in [-0.25, -0.2) is 4.39 Å². The zero-order valence-electron chi connectivity index (χ0n) is 14.6. The predicted octanol–water partition coefficient (Wildman–Crippen LogP) is 4.68. The maximum Gasteiger partial charge on any atom is 0.573 e. The number of nitrogen functional groups attached to an aromatic ring is 1. The van der Waals surface area contributed by atoms with Crippen LogP contribution in [0, 0.1) is 17.2 Å². The van der Waals surface area contributed by atoms with Gasteiger partial charge in [-0.2, -0.15) is 0 Å². The number of carbonyl (C=O) groups excluding carboxylic acids is 1. The number of amides is 1. The lowest BCUT2D eigenvalue weighted by Crippen LogP contribution is -2.21. The lowest BCUT2D eigenvalue weighted by molar-refractivity contribution is -0.274. The number of hydrogen-bond donors (Lipinski definition) is 2. The summed E-state index contributed by atoms with van der Waals surface area (Å²) in [5, 5.41) is 2.37. The van der Waals surface area contributed by atoms with E-state index < -0.39 is 35.2 Å². The van der Waals surface area contributed by atoms with Crippen molar-refractivity contribution in [1.29, 1.82) is 0 Å². The van der Waals surface area contributed by atoms with Crippen molar-refractivity contribution in [2.45, 2.75) is 26.1 Å². The summed E-state index contributed by atoms with van der Waals surface area (Å²) >= 11 is 0. The highest BCUT2D eigenvalue weighted by molar-refractivity contribution is 5.97. The smallest absolute Gasteiger partial charge is 0.404 e. The SMILES string of the molecule is CC1(C)C(C(=O)Nc2cc(F)ccc2OC(F)(F)F)[C@@H]1c1ccc(N)cc1. The van der Waals surface area contributed by atoms with Crippen molar-refractivity contribution in [2.75, 3.05) is 11.1 Å². The molecule has 0 radical (unpaired) electrons. The van der Waals surface area contributed by atoms with E-state index in [1.807, 2.05) is 26.0 Å². The molecule has 1 saturated carbocycles. The molecule has 1 unspecified atom stereocenters. The summed E-state index contributed by atoms with van der Waals surface area (Å²) in [5.41, 5.74) is 6.40. The summed E-state index contributed by atoms with van der Waals surface area (Å²) in [6, 6.07) is 9.53. The topological polar surface area (TPSA) is 64.3 Å². The highest BCUT2D eigenvalue weighted by Gasteiger charge is 2.62. The van der Waals surface area contributed by atoms with Crippen LogP contribution in [-0.4, -0.2) is 12.3 Å². The van der Waals surface area contributed by atoms with E-state index in [1.165, 1.54) is 0 Å². The minimum absolute atomic E-state index is 0.126. The van der Waals surface area contributed by atoms with E-state index >= 15 is 0 Å². The molecule has 2 atom stereocenters. The Kier molecular flexibility index (Phi) is 4.53. The summed E-state index contributed by atoms with van der Waals surface area (Å²) in [6.45, 7) is 3.77. The Morgan fingerprint density at radius 2 is 1.78 bits per heavy atom. The molecule has 0 heterocycles. The Balaban J connectivity index is 1.81. The first kappa shape index (κ1) is 19.0. The van der Waals surface area contributed by atoms with Gasteiger partial charge in [0.25, 0.3) is 0 Å². The van der Waals surface area contributed by atoms with Gasteiger partial charge in [0.05, 0.1) is 11.6 Å². The third-order valence-corrected chi connectivity index (χ3v) is 4.83. The van der Waals surface area contributed by atoms with Gasteiger partial charge in [-0.15, -0.1) is 13.2 Å². The zero-order valence-corrected chi connectivity index (χ0v) is 14.6. The molecule has 2 aromatic rings. The fourth-order valence-corrected chi connectivity index (χ4v) is 3.48. The molecule has 0 aromatic heterocycles. The van der Waals surface area contributed by atoms with Crippen molar-refractivity contribution in [1.82, 2.24) is 0 Å². The minimum Gasteiger partial charge on any atom is -0.404 e. The van der Waals surface area contributed by atoms with Crippen LogP contribution >= 0.6 is 0 Å². The average molecular weight is 382 g/mol. The van der Waals surface area contributed by atoms with Crippen molar-refractivity contribution in [3.8, 4) is 5.75 Å². The molecule has 27 heavy (non-hydrogen) atoms. The van der Waals surface area contributed by atoms with Crippen LogP contribution in [0.1, 0.15) is 25.3 Å². The predicted molar refractivity (Wildman–Crippen MR) is 92.6 cm³/mol. The number of nitrogens with one attached hydrogen (secondary N) is 1. The third-order valence-electron chi connectivity index (χ3n) is 4.83. The van der Waals surface area contributed by atoms with Crippen LogP contribution < -0.4 is 15.8 Å². The quantitative estimate of drug-likeness (QED) is 0.596. The Morgan fingerprint density at radius 3 is 2.37 bits per heavy atom. The average Bonchev–Trinajstić information content (AvgIpc) is 3.12. The third kappa shape index (κ3) is 3.99. The molecular weight excluding hydrogens is 364 g/mol. The molecule has 0 bridgehead atoms. The second-order valence-electron chi connectivity index (χ2n) is 7.12. The first-order chi connectivity index (χ1) is 12.5. The van der Waals surface area contributed by atoms with Gasteiger partial charge < -0.3 is 15.8 Å². The molecule has 1 aliphatic carbocycles. The number of ether oxygens (including phenoxy) is 1. The standard InChI is InChI=1S/C19H18F4N2O2/c1-18(2)15(10-3-6-12(24)7-4-10)16(18)17(26)25-13-9-11(20)5-8-14(13)27-19(21,22)23/h3-9,15-16H,24H2,1-2H3,(H,25,26)/t15-,16?/m0/s1. The molecular formula is C19H18F4N2O2. The van der Waals surface area contributed by atoms with Crippen molar-refractivity contribution in [3.05, 3.63) is 53.8 Å². The molecule has 144 valence electrons. The molecule has 1 fully saturated rings. The summed E-state index contributed by atoms with van der Waals surface area (Å²) in [6.07, 6.45) is -4.96. The molecule has 1 aliphatic rings. The largest absolute Gasteiger partial charge is 0.573 e. The second-order valence-corrected chi connectivity index (χ2v) is 7.12. The molecule has 0 aliphatic heterocycles. The summed E-state index contributed by atoms with van der Waals surface area (Å²) < 4.78 is 54.9. The van der Waals surface area contributed by atoms with Crippen LogP contribution in [-0.2, 0) is 4.79 Å². The Hall–Kier alpha value is -2.77. The molecule has 0 spiro atoms. The van der Waals surface area contributed by atoms with E-state index in [0.717, 1.165) is 23.8 Å². The van der Waals surface area contributed by atoms with Gasteiger partial charge in [0, 0.05) is 17.7 Å². The number of carbonyl (C=O) groups is 1. The Morgan fingerprint density at radius 1 is 1.15 bits per heavy atom. The lowest BCUT2D eigenvalue weighted by Gasteiger charge is -2.14. The van der Waals surface area contributed by atoms with Crippen molar-refractivity contribution in [2.24, 2.45) is 11.3 Å². The van der Waals surface area contributed by atoms with Crippen LogP contribution in [0.4, 0.5) is 28.9 Å². The van der Waals surface area contributed by atoms with Crippen molar-refractivity contribution in [3.63, 3.8) is 0 Å². The molecule has 8 heteroatoms. The monoisotopic (exact) mass is 382 g/mol. The second kappa shape index (κ2) is 6.44. The molecule has 3 rings (SSSR count). The van der Waals surface area contributed by atoms with Gasteiger partial charge in [0.15, 0.2) is 5.75 Å². The first-order valence-corrected chi connectivity index (χ1v) is 8.20. The van der Waals surface area contributed by atoms with E-state index in [0.29, 0.717) is 5.69 Å². The number of anilines is 2. The van der Waals surface area contributed by atoms with Crippen LogP contribution in [0.2, 0.25) is 0 Å². The summed E-state index contributed by atoms with van der Waals surface area (Å²) in [5.74, 6) is -2.56. The van der Waals surface area contributed by atoms with Gasteiger partial charge in [-0.3, -0.25) is 4.79 Å². The van der Waals surface area contributed by atoms with E-state index in [1.54, 1.807) is 12.1 Å². The maximum absolute atomic E-state index is 13.5. The number of halogens is 4. The van der Waals surface area contributed by atoms with Crippen LogP contribution in [0.25, 0.3) is 0 Å². The fourth-order valence-electron chi connectivity index (χ4n) is 3.48. The van der Waals surface area contributed by atoms with Gasteiger partial charge in [-0.05, 0) is 35.2 Å². The Labute approximate surface area is 153 Å². The van der Waals surface area contributed by atoms with E-state index in [4.69, 9.17) is 5.73 Å². The summed E-state index contributed by atoms with van der Waals surface area (Å²) in [4.78, 5) is 12.7. The highest BCUT2D eigenvalue weighted by Crippen LogP contribution is 2.64. The lowest BCUT2D eigenvalue weighted by atomic mass is 10.0. The number of rotatable bonds is 4. The van der Waals surface area contributed by atoms with E-state index in [9.17, 15) is 22.4 Å². The van der Waals surface area contributed by atoms with Crippen LogP contribution in [0.3, 0.4) is 0 Å². The molecule has 4 nitrogen and oxygen atoms in total. The number of hydrogen-bond acceptors (Lipinski definition) is 3. The van der Waals surface area contributed by atoms with E-state index in [2.05, 4.69) is 10.1 Å². The van der Waals surface area contributed by atoms with Crippen molar-refractivity contribution < 1.29 is 27.1 Å². The number of nitrogens with two attached hydrogens (primary N) is 1. The maximum atomic E-state index is 13.5. The Bertz CT molecular complexity index is 863. The molecule has 2 aromatic carbocycles. The highest BCUT2D eigenvalue weighted by atomic mass is 19.4. The normalized spacial score (nSPS) is 20.8. The number of benzene rings is 2. The van der Waals surface area contributed by atoms with Crippen LogP contribution in [0.15, 0.2) is 42.5 Å². The van der Waals surface area contributed by atoms with Crippen molar-refractivity contribution >= 4 is 17.3 Å². The van der Waals surface area contributed by atoms with Crippen LogP contribution in [0.5, 0.6) is 5.75 Å². The van der Waals surface area contributed by atoms with E-state index in [-0.39, 0.29) is 11.6 Å². The minimum atomic E-state index is -4.96. The summed E-state index contributed by atoms with van der Waals surface area (Å²) in [7, 11) is 0.